The number of hydrogen-bond donors (Lipinski definition) is 1. The monoisotopic (exact) mass is 443 g/mol. The third-order valence-electron chi connectivity index (χ3n) is 5.25. The zero-order valence-electron chi connectivity index (χ0n) is 18.7. The van der Waals surface area contributed by atoms with Crippen molar-refractivity contribution in [3.63, 3.8) is 0 Å². The molecule has 8 heteroatoms. The van der Waals surface area contributed by atoms with Crippen molar-refractivity contribution in [3.05, 3.63) is 27.6 Å². The van der Waals surface area contributed by atoms with Gasteiger partial charge in [0.25, 0.3) is 0 Å². The number of aromatic carboxylic acids is 1. The summed E-state index contributed by atoms with van der Waals surface area (Å²) in [4.78, 5) is 27.7. The van der Waals surface area contributed by atoms with E-state index in [4.69, 9.17) is 4.42 Å². The second kappa shape index (κ2) is 9.23. The Morgan fingerprint density at radius 3 is 2.48 bits per heavy atom. The van der Waals surface area contributed by atoms with Gasteiger partial charge in [0, 0.05) is 18.3 Å². The molecule has 1 aliphatic carbocycles. The molecule has 0 aromatic carbocycles. The molecule has 1 aliphatic rings. The van der Waals surface area contributed by atoms with E-state index in [9.17, 15) is 14.7 Å². The smallest absolute Gasteiger partial charge is 0.348 e. The molecule has 1 fully saturated rings. The van der Waals surface area contributed by atoms with Gasteiger partial charge in [-0.25, -0.2) is 4.79 Å². The Labute approximate surface area is 186 Å². The maximum absolute atomic E-state index is 13.5. The zero-order chi connectivity index (χ0) is 22.8. The Morgan fingerprint density at radius 2 is 1.94 bits per heavy atom. The van der Waals surface area contributed by atoms with Crippen molar-refractivity contribution in [2.45, 2.75) is 66.8 Å². The van der Waals surface area contributed by atoms with E-state index in [0.29, 0.717) is 22.4 Å². The summed E-state index contributed by atoms with van der Waals surface area (Å²) in [5.41, 5.74) is 0.124. The molecule has 1 N–H and O–H groups in total. The molecule has 7 nitrogen and oxygen atoms in total. The van der Waals surface area contributed by atoms with Crippen molar-refractivity contribution in [1.29, 1.82) is 0 Å². The van der Waals surface area contributed by atoms with E-state index >= 15 is 0 Å². The van der Waals surface area contributed by atoms with E-state index < -0.39 is 5.97 Å². The minimum atomic E-state index is -1.08. The lowest BCUT2D eigenvalue weighted by Gasteiger charge is -2.30. The average molecular weight is 444 g/mol. The van der Waals surface area contributed by atoms with Crippen molar-refractivity contribution in [2.24, 2.45) is 17.3 Å². The van der Waals surface area contributed by atoms with Gasteiger partial charge in [-0.15, -0.1) is 21.5 Å². The Kier molecular flexibility index (Phi) is 6.85. The number of rotatable bonds is 5. The Hall–Kier alpha value is -2.66. The molecule has 3 rings (SSSR count). The molecule has 2 heterocycles. The third kappa shape index (κ3) is 5.95. The van der Waals surface area contributed by atoms with E-state index in [-0.39, 0.29) is 34.6 Å². The predicted octanol–water partition coefficient (Wildman–Crippen LogP) is 4.89. The highest BCUT2D eigenvalue weighted by atomic mass is 32.1. The van der Waals surface area contributed by atoms with Gasteiger partial charge in [0.15, 0.2) is 0 Å². The lowest BCUT2D eigenvalue weighted by Crippen LogP contribution is -2.38. The maximum Gasteiger partial charge on any atom is 0.348 e. The Morgan fingerprint density at radius 1 is 1.26 bits per heavy atom. The van der Waals surface area contributed by atoms with Gasteiger partial charge in [-0.2, -0.15) is 0 Å². The molecule has 0 radical (unpaired) electrons. The first-order chi connectivity index (χ1) is 14.5. The molecule has 0 saturated heterocycles. The highest BCUT2D eigenvalue weighted by Gasteiger charge is 2.33. The third-order valence-corrected chi connectivity index (χ3v) is 6.28. The van der Waals surface area contributed by atoms with E-state index in [1.54, 1.807) is 13.0 Å². The number of anilines is 1. The van der Waals surface area contributed by atoms with Crippen LogP contribution in [0.1, 0.15) is 79.7 Å². The number of carbonyl (C=O) groups excluding carboxylic acids is 1. The molecule has 0 aliphatic heterocycles. The van der Waals surface area contributed by atoms with Gasteiger partial charge in [0.05, 0.1) is 10.6 Å². The van der Waals surface area contributed by atoms with Crippen LogP contribution in [0.3, 0.4) is 0 Å². The fraction of sp³-hybridized carbons (Fsp3) is 0.565. The van der Waals surface area contributed by atoms with Gasteiger partial charge in [0.1, 0.15) is 11.4 Å². The minimum absolute atomic E-state index is 0.0366. The maximum atomic E-state index is 13.5. The number of amides is 1. The Balaban J connectivity index is 2.01. The van der Waals surface area contributed by atoms with Crippen LogP contribution in [-0.2, 0) is 11.3 Å². The second-order valence-corrected chi connectivity index (χ2v) is 10.3. The number of aryl methyl sites for hydroxylation is 1. The van der Waals surface area contributed by atoms with Crippen molar-refractivity contribution < 1.29 is 19.1 Å². The van der Waals surface area contributed by atoms with E-state index in [2.05, 4.69) is 29.0 Å². The van der Waals surface area contributed by atoms with Crippen LogP contribution in [0, 0.1) is 36.0 Å². The summed E-state index contributed by atoms with van der Waals surface area (Å²) in [6.07, 6.45) is 3.56. The van der Waals surface area contributed by atoms with Crippen molar-refractivity contribution in [2.75, 3.05) is 4.90 Å². The van der Waals surface area contributed by atoms with Crippen LogP contribution in [0.2, 0.25) is 0 Å². The molecule has 1 saturated carbocycles. The largest absolute Gasteiger partial charge is 0.477 e. The molecular formula is C23H29N3O4S. The first-order valence-corrected chi connectivity index (χ1v) is 11.4. The number of aromatic nitrogens is 2. The average Bonchev–Trinajstić information content (AvgIpc) is 3.30. The molecule has 0 spiro atoms. The molecule has 0 atom stereocenters. The lowest BCUT2D eigenvalue weighted by atomic mass is 9.82. The van der Waals surface area contributed by atoms with E-state index in [1.807, 2.05) is 20.8 Å². The number of nitrogens with zero attached hydrogens (tertiary/aromatic N) is 3. The van der Waals surface area contributed by atoms with Gasteiger partial charge in [-0.05, 0) is 58.4 Å². The standard InChI is InChI=1S/C23H29N3O4S/c1-14-6-8-16(9-7-14)21(27)26(13-19-25-24-15(2)30-19)18-12-17(10-11-23(3,4)5)31-20(18)22(28)29/h12,14,16H,6-9,13H2,1-5H3,(H,28,29). The summed E-state index contributed by atoms with van der Waals surface area (Å²) < 4.78 is 5.50. The van der Waals surface area contributed by atoms with Gasteiger partial charge in [-0.1, -0.05) is 18.8 Å². The fourth-order valence-electron chi connectivity index (χ4n) is 3.59. The fourth-order valence-corrected chi connectivity index (χ4v) is 4.45. The molecule has 1 amide bonds. The van der Waals surface area contributed by atoms with Crippen LogP contribution < -0.4 is 4.90 Å². The number of carboxylic acids is 1. The molecule has 31 heavy (non-hydrogen) atoms. The molecule has 0 unspecified atom stereocenters. The summed E-state index contributed by atoms with van der Waals surface area (Å²) in [6.45, 7) is 9.88. The number of carbonyl (C=O) groups is 2. The molecular weight excluding hydrogens is 414 g/mol. The summed E-state index contributed by atoms with van der Waals surface area (Å²) in [5, 5.41) is 17.7. The van der Waals surface area contributed by atoms with Crippen molar-refractivity contribution >= 4 is 28.9 Å². The number of hydrogen-bond acceptors (Lipinski definition) is 6. The molecule has 2 aromatic heterocycles. The number of carboxylic acid groups (broad SMARTS) is 1. The van der Waals surface area contributed by atoms with Crippen LogP contribution >= 0.6 is 11.3 Å². The summed E-state index contributed by atoms with van der Waals surface area (Å²) in [7, 11) is 0. The van der Waals surface area contributed by atoms with Gasteiger partial charge < -0.3 is 14.4 Å². The van der Waals surface area contributed by atoms with Gasteiger partial charge in [0.2, 0.25) is 17.7 Å². The minimum Gasteiger partial charge on any atom is -0.477 e. The van der Waals surface area contributed by atoms with Crippen LogP contribution in [-0.4, -0.2) is 27.2 Å². The summed E-state index contributed by atoms with van der Waals surface area (Å²) >= 11 is 1.08. The quantitative estimate of drug-likeness (QED) is 0.661. The first-order valence-electron chi connectivity index (χ1n) is 10.5. The van der Waals surface area contributed by atoms with Gasteiger partial charge >= 0.3 is 5.97 Å². The number of thiophene rings is 1. The van der Waals surface area contributed by atoms with Crippen molar-refractivity contribution in [3.8, 4) is 11.8 Å². The predicted molar refractivity (Wildman–Crippen MR) is 119 cm³/mol. The topological polar surface area (TPSA) is 96.5 Å². The van der Waals surface area contributed by atoms with Crippen LogP contribution in [0.15, 0.2) is 10.5 Å². The normalized spacial score (nSPS) is 18.9. The van der Waals surface area contributed by atoms with Crippen LogP contribution in [0.25, 0.3) is 0 Å². The molecule has 0 bridgehead atoms. The summed E-state index contributed by atoms with van der Waals surface area (Å²) in [5.74, 6) is 6.14. The molecule has 166 valence electrons. The van der Waals surface area contributed by atoms with Crippen LogP contribution in [0.5, 0.6) is 0 Å². The summed E-state index contributed by atoms with van der Waals surface area (Å²) in [6, 6.07) is 1.69. The van der Waals surface area contributed by atoms with E-state index in [1.165, 1.54) is 4.90 Å². The highest BCUT2D eigenvalue weighted by molar-refractivity contribution is 7.15. The second-order valence-electron chi connectivity index (χ2n) is 9.23. The highest BCUT2D eigenvalue weighted by Crippen LogP contribution is 2.36. The zero-order valence-corrected chi connectivity index (χ0v) is 19.5. The van der Waals surface area contributed by atoms with Crippen LogP contribution in [0.4, 0.5) is 5.69 Å². The molecule has 2 aromatic rings. The SMILES string of the molecule is Cc1nnc(CN(C(=O)C2CCC(C)CC2)c2cc(C#CC(C)(C)C)sc2C(=O)O)o1. The first kappa shape index (κ1) is 23.0. The van der Waals surface area contributed by atoms with Gasteiger partial charge in [-0.3, -0.25) is 4.79 Å². The van der Waals surface area contributed by atoms with Crippen molar-refractivity contribution in [1.82, 2.24) is 10.2 Å². The lowest BCUT2D eigenvalue weighted by molar-refractivity contribution is -0.123. The van der Waals surface area contributed by atoms with E-state index in [0.717, 1.165) is 37.0 Å². The Bertz CT molecular complexity index is 1010.